The molecule has 2 unspecified atom stereocenters. The fraction of sp³-hybridized carbons (Fsp3) is 0.419. The molecule has 2 aliphatic heterocycles. The van der Waals surface area contributed by atoms with Gasteiger partial charge in [0.2, 0.25) is 0 Å². The molecule has 3 aromatic carbocycles. The van der Waals surface area contributed by atoms with E-state index < -0.39 is 0 Å². The summed E-state index contributed by atoms with van der Waals surface area (Å²) in [5, 5.41) is 0. The first-order valence-electron chi connectivity index (χ1n) is 13.1. The monoisotopic (exact) mass is 487 g/mol. The van der Waals surface area contributed by atoms with Crippen molar-refractivity contribution < 1.29 is 18.9 Å². The SMILES string of the molecule is COc1cccc(C2COc3cc(OC)ccc3C2c2ccc(OCCCN3CCCCC3)cc2)c1. The summed E-state index contributed by atoms with van der Waals surface area (Å²) in [6.07, 6.45) is 5.11. The lowest BCUT2D eigenvalue weighted by Gasteiger charge is -2.35. The first kappa shape index (κ1) is 24.5. The molecule has 190 valence electrons. The highest BCUT2D eigenvalue weighted by Crippen LogP contribution is 2.47. The second-order valence-electron chi connectivity index (χ2n) is 9.75. The van der Waals surface area contributed by atoms with Crippen LogP contribution >= 0.6 is 0 Å². The highest BCUT2D eigenvalue weighted by Gasteiger charge is 2.34. The second kappa shape index (κ2) is 11.7. The van der Waals surface area contributed by atoms with Crippen molar-refractivity contribution in [2.75, 3.05) is 47.1 Å². The first-order chi connectivity index (χ1) is 17.7. The normalized spacial score (nSPS) is 19.7. The van der Waals surface area contributed by atoms with Crippen molar-refractivity contribution >= 4 is 0 Å². The zero-order chi connectivity index (χ0) is 24.7. The van der Waals surface area contributed by atoms with E-state index in [1.807, 2.05) is 18.2 Å². The van der Waals surface area contributed by atoms with E-state index in [9.17, 15) is 0 Å². The fourth-order valence-corrected chi connectivity index (χ4v) is 5.52. The number of hydrogen-bond acceptors (Lipinski definition) is 5. The maximum absolute atomic E-state index is 6.25. The van der Waals surface area contributed by atoms with Crippen LogP contribution in [-0.4, -0.2) is 52.0 Å². The number of fused-ring (bicyclic) bond motifs is 1. The summed E-state index contributed by atoms with van der Waals surface area (Å²) in [5.74, 6) is 3.80. The Morgan fingerprint density at radius 1 is 0.806 bits per heavy atom. The summed E-state index contributed by atoms with van der Waals surface area (Å²) < 4.78 is 23.3. The lowest BCUT2D eigenvalue weighted by molar-refractivity contribution is 0.205. The molecule has 0 N–H and O–H groups in total. The molecule has 5 nitrogen and oxygen atoms in total. The van der Waals surface area contributed by atoms with Gasteiger partial charge in [-0.2, -0.15) is 0 Å². The summed E-state index contributed by atoms with van der Waals surface area (Å²) in [7, 11) is 3.40. The Morgan fingerprint density at radius 2 is 1.56 bits per heavy atom. The predicted octanol–water partition coefficient (Wildman–Crippen LogP) is 6.27. The summed E-state index contributed by atoms with van der Waals surface area (Å²) in [4.78, 5) is 2.56. The van der Waals surface area contributed by atoms with Gasteiger partial charge in [-0.15, -0.1) is 0 Å². The Kier molecular flexibility index (Phi) is 7.97. The minimum Gasteiger partial charge on any atom is -0.497 e. The Hall–Kier alpha value is -3.18. The number of nitrogens with zero attached hydrogens (tertiary/aromatic N) is 1. The Bertz CT molecular complexity index is 1120. The average Bonchev–Trinajstić information content (AvgIpc) is 2.95. The van der Waals surface area contributed by atoms with Gasteiger partial charge in [-0.1, -0.05) is 36.8 Å². The third-order valence-electron chi connectivity index (χ3n) is 7.47. The van der Waals surface area contributed by atoms with Crippen molar-refractivity contribution in [3.8, 4) is 23.0 Å². The molecule has 0 spiro atoms. The molecular weight excluding hydrogens is 450 g/mol. The van der Waals surface area contributed by atoms with Gasteiger partial charge in [0.05, 0.1) is 27.4 Å². The van der Waals surface area contributed by atoms with Gasteiger partial charge < -0.3 is 23.8 Å². The molecule has 2 heterocycles. The molecule has 3 aromatic rings. The van der Waals surface area contributed by atoms with Gasteiger partial charge >= 0.3 is 0 Å². The van der Waals surface area contributed by atoms with Crippen LogP contribution in [0, 0.1) is 0 Å². The van der Waals surface area contributed by atoms with Crippen LogP contribution in [0.25, 0.3) is 0 Å². The van der Waals surface area contributed by atoms with Crippen molar-refractivity contribution in [3.63, 3.8) is 0 Å². The molecule has 5 rings (SSSR count). The first-order valence-corrected chi connectivity index (χ1v) is 13.1. The molecule has 2 atom stereocenters. The zero-order valence-electron chi connectivity index (χ0n) is 21.4. The quantitative estimate of drug-likeness (QED) is 0.333. The molecule has 1 saturated heterocycles. The van der Waals surface area contributed by atoms with E-state index >= 15 is 0 Å². The highest BCUT2D eigenvalue weighted by atomic mass is 16.5. The zero-order valence-corrected chi connectivity index (χ0v) is 21.4. The van der Waals surface area contributed by atoms with Crippen molar-refractivity contribution in [2.24, 2.45) is 0 Å². The number of ether oxygens (including phenoxy) is 4. The van der Waals surface area contributed by atoms with Gasteiger partial charge in [0, 0.05) is 30.0 Å². The molecule has 36 heavy (non-hydrogen) atoms. The van der Waals surface area contributed by atoms with E-state index in [-0.39, 0.29) is 11.8 Å². The topological polar surface area (TPSA) is 40.2 Å². The van der Waals surface area contributed by atoms with E-state index in [1.165, 1.54) is 49.0 Å². The van der Waals surface area contributed by atoms with Gasteiger partial charge in [0.25, 0.3) is 0 Å². The van der Waals surface area contributed by atoms with Gasteiger partial charge in [-0.3, -0.25) is 0 Å². The Labute approximate surface area is 214 Å². The maximum Gasteiger partial charge on any atom is 0.126 e. The molecule has 0 radical (unpaired) electrons. The van der Waals surface area contributed by atoms with Crippen LogP contribution in [0.1, 0.15) is 54.2 Å². The molecule has 2 aliphatic rings. The van der Waals surface area contributed by atoms with Crippen LogP contribution in [0.5, 0.6) is 23.0 Å². The lowest BCUT2D eigenvalue weighted by atomic mass is 9.76. The minimum absolute atomic E-state index is 0.153. The van der Waals surface area contributed by atoms with E-state index in [1.54, 1.807) is 14.2 Å². The number of piperidine rings is 1. The van der Waals surface area contributed by atoms with Crippen LogP contribution in [0.15, 0.2) is 66.7 Å². The van der Waals surface area contributed by atoms with E-state index in [4.69, 9.17) is 18.9 Å². The summed E-state index contributed by atoms with van der Waals surface area (Å²) in [6.45, 7) is 4.95. The molecule has 0 aliphatic carbocycles. The smallest absolute Gasteiger partial charge is 0.126 e. The molecule has 5 heteroatoms. The number of benzene rings is 3. The second-order valence-corrected chi connectivity index (χ2v) is 9.75. The molecule has 0 amide bonds. The van der Waals surface area contributed by atoms with E-state index in [2.05, 4.69) is 53.4 Å². The largest absolute Gasteiger partial charge is 0.497 e. The van der Waals surface area contributed by atoms with Gasteiger partial charge in [-0.05, 0) is 73.8 Å². The van der Waals surface area contributed by atoms with Gasteiger partial charge in [0.1, 0.15) is 23.0 Å². The third kappa shape index (κ3) is 5.62. The van der Waals surface area contributed by atoms with Crippen LogP contribution in [0.3, 0.4) is 0 Å². The van der Waals surface area contributed by atoms with Crippen molar-refractivity contribution in [3.05, 3.63) is 83.4 Å². The van der Waals surface area contributed by atoms with Crippen molar-refractivity contribution in [1.29, 1.82) is 0 Å². The molecule has 0 bridgehead atoms. The standard InChI is InChI=1S/C31H37NO4/c1-33-26-9-6-8-24(20-26)29-22-36-30-21-27(34-2)14-15-28(30)31(29)23-10-12-25(13-11-23)35-19-7-18-32-16-4-3-5-17-32/h6,8-15,20-21,29,31H,3-5,7,16-19,22H2,1-2H3. The third-order valence-corrected chi connectivity index (χ3v) is 7.47. The van der Waals surface area contributed by atoms with Crippen LogP contribution in [0.2, 0.25) is 0 Å². The van der Waals surface area contributed by atoms with Crippen molar-refractivity contribution in [1.82, 2.24) is 4.90 Å². The minimum atomic E-state index is 0.153. The van der Waals surface area contributed by atoms with Crippen molar-refractivity contribution in [2.45, 2.75) is 37.5 Å². The summed E-state index contributed by atoms with van der Waals surface area (Å²) in [5.41, 5.74) is 3.63. The van der Waals surface area contributed by atoms with Crippen LogP contribution in [0.4, 0.5) is 0 Å². The molecular formula is C31H37NO4. The summed E-state index contributed by atoms with van der Waals surface area (Å²) in [6, 6.07) is 23.1. The Morgan fingerprint density at radius 3 is 2.33 bits per heavy atom. The molecule has 0 saturated carbocycles. The predicted molar refractivity (Wildman–Crippen MR) is 143 cm³/mol. The molecule has 1 fully saturated rings. The van der Waals surface area contributed by atoms with Gasteiger partial charge in [0.15, 0.2) is 0 Å². The highest BCUT2D eigenvalue weighted by molar-refractivity contribution is 5.51. The lowest BCUT2D eigenvalue weighted by Crippen LogP contribution is -2.31. The van der Waals surface area contributed by atoms with E-state index in [0.29, 0.717) is 6.61 Å². The number of rotatable bonds is 9. The van der Waals surface area contributed by atoms with Crippen LogP contribution < -0.4 is 18.9 Å². The van der Waals surface area contributed by atoms with Crippen LogP contribution in [-0.2, 0) is 0 Å². The fourth-order valence-electron chi connectivity index (χ4n) is 5.52. The summed E-state index contributed by atoms with van der Waals surface area (Å²) >= 11 is 0. The van der Waals surface area contributed by atoms with E-state index in [0.717, 1.165) is 42.6 Å². The Balaban J connectivity index is 1.34. The number of likely N-dealkylation sites (tertiary alicyclic amines) is 1. The average molecular weight is 488 g/mol. The maximum atomic E-state index is 6.25. The van der Waals surface area contributed by atoms with Gasteiger partial charge in [-0.25, -0.2) is 0 Å². The number of methoxy groups -OCH3 is 2. The number of hydrogen-bond donors (Lipinski definition) is 0. The molecule has 0 aromatic heterocycles.